The van der Waals surface area contributed by atoms with Gasteiger partial charge in [0.15, 0.2) is 0 Å². The zero-order valence-electron chi connectivity index (χ0n) is 15.3. The van der Waals surface area contributed by atoms with Crippen molar-refractivity contribution in [3.05, 3.63) is 77.2 Å². The van der Waals surface area contributed by atoms with Crippen LogP contribution in [0.5, 0.6) is 0 Å². The lowest BCUT2D eigenvalue weighted by Gasteiger charge is -2.22. The Labute approximate surface area is 164 Å². The lowest BCUT2D eigenvalue weighted by Crippen LogP contribution is -2.40. The second-order valence-corrected chi connectivity index (χ2v) is 7.65. The SMILES string of the molecule is COCCNC1=Nc2ccccc2C(c2ccccc2)=NC1C1CC=CS1. The minimum atomic E-state index is -0.0236. The van der Waals surface area contributed by atoms with Crippen LogP contribution in [0.3, 0.4) is 0 Å². The second kappa shape index (κ2) is 8.55. The van der Waals surface area contributed by atoms with E-state index in [1.807, 2.05) is 23.9 Å². The van der Waals surface area contributed by atoms with E-state index in [0.717, 1.165) is 41.3 Å². The Bertz CT molecular complexity index is 868. The molecule has 2 heterocycles. The van der Waals surface area contributed by atoms with Crippen LogP contribution in [0.4, 0.5) is 5.69 Å². The summed E-state index contributed by atoms with van der Waals surface area (Å²) in [6.45, 7) is 1.35. The van der Waals surface area contributed by atoms with Gasteiger partial charge in [0.25, 0.3) is 0 Å². The van der Waals surface area contributed by atoms with Gasteiger partial charge in [-0.25, -0.2) is 4.99 Å². The molecule has 0 bridgehead atoms. The van der Waals surface area contributed by atoms with Gasteiger partial charge in [-0.2, -0.15) is 0 Å². The molecule has 0 saturated carbocycles. The van der Waals surface area contributed by atoms with Crippen molar-refractivity contribution in [3.8, 4) is 0 Å². The van der Waals surface area contributed by atoms with Crippen molar-refractivity contribution in [1.82, 2.24) is 5.32 Å². The summed E-state index contributed by atoms with van der Waals surface area (Å²) in [4.78, 5) is 10.3. The first-order chi connectivity index (χ1) is 13.4. The minimum absolute atomic E-state index is 0.0236. The molecule has 2 aliphatic rings. The molecule has 2 atom stereocenters. The van der Waals surface area contributed by atoms with Crippen molar-refractivity contribution in [3.63, 3.8) is 0 Å². The second-order valence-electron chi connectivity index (χ2n) is 6.50. The van der Waals surface area contributed by atoms with Crippen LogP contribution in [0.15, 0.2) is 76.1 Å². The molecule has 2 unspecified atom stereocenters. The van der Waals surface area contributed by atoms with Crippen molar-refractivity contribution in [2.45, 2.75) is 17.7 Å². The van der Waals surface area contributed by atoms with Crippen LogP contribution in [-0.2, 0) is 4.74 Å². The third kappa shape index (κ3) is 3.99. The summed E-state index contributed by atoms with van der Waals surface area (Å²) in [5.41, 5.74) is 4.17. The number of aliphatic imine (C=N–C) groups is 2. The number of nitrogens with one attached hydrogen (secondary N) is 1. The van der Waals surface area contributed by atoms with Crippen molar-refractivity contribution < 1.29 is 4.74 Å². The smallest absolute Gasteiger partial charge is 0.128 e. The van der Waals surface area contributed by atoms with Crippen molar-refractivity contribution in [2.75, 3.05) is 20.3 Å². The number of fused-ring (bicyclic) bond motifs is 1. The zero-order chi connectivity index (χ0) is 18.5. The summed E-state index contributed by atoms with van der Waals surface area (Å²) in [6, 6.07) is 18.6. The van der Waals surface area contributed by atoms with Crippen LogP contribution >= 0.6 is 11.8 Å². The molecule has 0 fully saturated rings. The Hall–Kier alpha value is -2.37. The summed E-state index contributed by atoms with van der Waals surface area (Å²) >= 11 is 1.84. The Morgan fingerprint density at radius 2 is 1.93 bits per heavy atom. The molecule has 1 N–H and O–H groups in total. The molecular weight excluding hydrogens is 354 g/mol. The fourth-order valence-electron chi connectivity index (χ4n) is 3.35. The van der Waals surface area contributed by atoms with E-state index < -0.39 is 0 Å². The van der Waals surface area contributed by atoms with Crippen molar-refractivity contribution in [1.29, 1.82) is 0 Å². The van der Waals surface area contributed by atoms with Gasteiger partial charge in [0, 0.05) is 30.0 Å². The largest absolute Gasteiger partial charge is 0.383 e. The summed E-state index contributed by atoms with van der Waals surface area (Å²) in [5, 5.41) is 6.01. The van der Waals surface area contributed by atoms with Crippen LogP contribution in [0.2, 0.25) is 0 Å². The monoisotopic (exact) mass is 377 g/mol. The van der Waals surface area contributed by atoms with E-state index in [9.17, 15) is 0 Å². The van der Waals surface area contributed by atoms with Gasteiger partial charge in [-0.3, -0.25) is 4.99 Å². The summed E-state index contributed by atoms with van der Waals surface area (Å²) in [6.07, 6.45) is 3.22. The molecule has 27 heavy (non-hydrogen) atoms. The predicted octanol–water partition coefficient (Wildman–Crippen LogP) is 4.19. The average molecular weight is 378 g/mol. The highest BCUT2D eigenvalue weighted by atomic mass is 32.2. The van der Waals surface area contributed by atoms with E-state index in [-0.39, 0.29) is 6.04 Å². The number of allylic oxidation sites excluding steroid dienone is 1. The predicted molar refractivity (Wildman–Crippen MR) is 114 cm³/mol. The van der Waals surface area contributed by atoms with E-state index in [4.69, 9.17) is 14.7 Å². The molecule has 2 aliphatic heterocycles. The highest BCUT2D eigenvalue weighted by Crippen LogP contribution is 2.33. The van der Waals surface area contributed by atoms with Crippen LogP contribution in [-0.4, -0.2) is 43.1 Å². The quantitative estimate of drug-likeness (QED) is 0.795. The molecule has 0 saturated heterocycles. The fraction of sp³-hybridized carbons (Fsp3) is 0.273. The van der Waals surface area contributed by atoms with Gasteiger partial charge in [-0.1, -0.05) is 54.6 Å². The number of para-hydroxylation sites is 1. The highest BCUT2D eigenvalue weighted by Gasteiger charge is 2.31. The van der Waals surface area contributed by atoms with Gasteiger partial charge >= 0.3 is 0 Å². The topological polar surface area (TPSA) is 46.0 Å². The molecule has 4 rings (SSSR count). The first-order valence-electron chi connectivity index (χ1n) is 9.21. The summed E-state index contributed by atoms with van der Waals surface area (Å²) in [5.74, 6) is 0.923. The standard InChI is InChI=1S/C22H23N3OS/c1-26-14-13-23-22-21(19-12-7-15-27-19)25-20(16-8-3-2-4-9-16)17-10-5-6-11-18(17)24-22/h2-11,15,19,21H,12-14H2,1H3,(H,23,24). The average Bonchev–Trinajstić information content (AvgIpc) is 3.19. The molecule has 138 valence electrons. The van der Waals surface area contributed by atoms with Crippen LogP contribution in [0, 0.1) is 0 Å². The van der Waals surface area contributed by atoms with E-state index in [1.54, 1.807) is 7.11 Å². The Balaban J connectivity index is 1.80. The Kier molecular flexibility index (Phi) is 5.70. The van der Waals surface area contributed by atoms with E-state index in [1.165, 1.54) is 0 Å². The van der Waals surface area contributed by atoms with E-state index in [0.29, 0.717) is 11.9 Å². The summed E-state index contributed by atoms with van der Waals surface area (Å²) in [7, 11) is 1.71. The molecule has 2 aromatic rings. The van der Waals surface area contributed by atoms with Gasteiger partial charge in [-0.05, 0) is 17.9 Å². The number of hydrogen-bond donors (Lipinski definition) is 1. The molecule has 0 spiro atoms. The van der Waals surface area contributed by atoms with Crippen LogP contribution in [0.1, 0.15) is 17.5 Å². The van der Waals surface area contributed by atoms with E-state index >= 15 is 0 Å². The summed E-state index contributed by atoms with van der Waals surface area (Å²) < 4.78 is 5.21. The molecule has 2 aromatic carbocycles. The van der Waals surface area contributed by atoms with Gasteiger partial charge in [0.2, 0.25) is 0 Å². The number of thioether (sulfide) groups is 1. The molecule has 0 aliphatic carbocycles. The molecule has 5 heteroatoms. The van der Waals surface area contributed by atoms with E-state index in [2.05, 4.69) is 59.3 Å². The number of amidine groups is 1. The minimum Gasteiger partial charge on any atom is -0.383 e. The molecular formula is C22H23N3OS. The van der Waals surface area contributed by atoms with Crippen LogP contribution < -0.4 is 5.32 Å². The van der Waals surface area contributed by atoms with Gasteiger partial charge < -0.3 is 10.1 Å². The maximum atomic E-state index is 5.25. The maximum Gasteiger partial charge on any atom is 0.128 e. The Morgan fingerprint density at radius 1 is 1.11 bits per heavy atom. The third-order valence-corrected chi connectivity index (χ3v) is 5.83. The first-order valence-corrected chi connectivity index (χ1v) is 10.2. The van der Waals surface area contributed by atoms with Crippen LogP contribution in [0.25, 0.3) is 0 Å². The lowest BCUT2D eigenvalue weighted by atomic mass is 10.0. The number of hydrogen-bond acceptors (Lipinski definition) is 5. The molecule has 0 amide bonds. The van der Waals surface area contributed by atoms with Crippen molar-refractivity contribution in [2.24, 2.45) is 9.98 Å². The number of ether oxygens (including phenoxy) is 1. The number of methoxy groups -OCH3 is 1. The van der Waals surface area contributed by atoms with Gasteiger partial charge in [-0.15, -0.1) is 11.8 Å². The maximum absolute atomic E-state index is 5.25. The highest BCUT2D eigenvalue weighted by molar-refractivity contribution is 8.03. The third-order valence-electron chi connectivity index (χ3n) is 4.68. The molecule has 0 aromatic heterocycles. The van der Waals surface area contributed by atoms with Gasteiger partial charge in [0.1, 0.15) is 11.9 Å². The molecule has 0 radical (unpaired) electrons. The first kappa shape index (κ1) is 18.0. The normalized spacial score (nSPS) is 21.2. The number of nitrogens with zero attached hydrogens (tertiary/aromatic N) is 2. The van der Waals surface area contributed by atoms with Gasteiger partial charge in [0.05, 0.1) is 18.0 Å². The number of rotatable bonds is 5. The van der Waals surface area contributed by atoms with Crippen molar-refractivity contribution >= 4 is 29.0 Å². The fourth-order valence-corrected chi connectivity index (χ4v) is 4.34. The zero-order valence-corrected chi connectivity index (χ0v) is 16.2. The Morgan fingerprint density at radius 3 is 2.70 bits per heavy atom. The molecule has 4 nitrogen and oxygen atoms in total. The number of benzene rings is 2. The lowest BCUT2D eigenvalue weighted by molar-refractivity contribution is 0.203.